The first kappa shape index (κ1) is 22.7. The molecule has 0 radical (unpaired) electrons. The van der Waals surface area contributed by atoms with E-state index in [2.05, 4.69) is 37.9 Å². The van der Waals surface area contributed by atoms with Crippen molar-refractivity contribution in [3.8, 4) is 5.75 Å². The molecule has 1 fully saturated rings. The molecule has 10 heteroatoms. The van der Waals surface area contributed by atoms with Crippen LogP contribution in [0.25, 0.3) is 0 Å². The maximum atomic E-state index is 10.6. The molecule has 0 unspecified atom stereocenters. The number of hydrogen-bond acceptors (Lipinski definition) is 5. The summed E-state index contributed by atoms with van der Waals surface area (Å²) in [6, 6.07) is 8.37. The van der Waals surface area contributed by atoms with Crippen LogP contribution in [0.1, 0.15) is 30.1 Å². The summed E-state index contributed by atoms with van der Waals surface area (Å²) in [7, 11) is 3.75. The van der Waals surface area contributed by atoms with Gasteiger partial charge in [0.2, 0.25) is 0 Å². The average Bonchev–Trinajstić information content (AvgIpc) is 3.12. The lowest BCUT2D eigenvalue weighted by atomic mass is 9.95. The highest BCUT2D eigenvalue weighted by Crippen LogP contribution is 2.26. The van der Waals surface area contributed by atoms with E-state index in [9.17, 15) is 13.2 Å². The second kappa shape index (κ2) is 10.2. The highest BCUT2D eigenvalue weighted by Gasteiger charge is 2.38. The summed E-state index contributed by atoms with van der Waals surface area (Å²) in [5, 5.41) is 15.4. The number of aliphatic carboxylic acids is 1. The van der Waals surface area contributed by atoms with Crippen LogP contribution in [-0.4, -0.2) is 63.7 Å². The molecule has 29 heavy (non-hydrogen) atoms. The Morgan fingerprint density at radius 1 is 1.31 bits per heavy atom. The van der Waals surface area contributed by atoms with Crippen LogP contribution < -0.4 is 4.74 Å². The smallest absolute Gasteiger partial charge is 0.490 e. The number of hydrogen-bond donors (Lipinski definition) is 1. The quantitative estimate of drug-likeness (QED) is 0.811. The van der Waals surface area contributed by atoms with Crippen LogP contribution in [-0.2, 0) is 18.3 Å². The molecule has 0 atom stereocenters. The van der Waals surface area contributed by atoms with Crippen molar-refractivity contribution < 1.29 is 27.8 Å². The van der Waals surface area contributed by atoms with Gasteiger partial charge >= 0.3 is 12.1 Å². The van der Waals surface area contributed by atoms with Crippen LogP contribution in [0.5, 0.6) is 5.75 Å². The molecule has 0 bridgehead atoms. The third-order valence-electron chi connectivity index (χ3n) is 4.79. The van der Waals surface area contributed by atoms with Crippen molar-refractivity contribution >= 4 is 5.97 Å². The summed E-state index contributed by atoms with van der Waals surface area (Å²) >= 11 is 0. The molecule has 2 aromatic rings. The van der Waals surface area contributed by atoms with E-state index in [0.29, 0.717) is 5.92 Å². The van der Waals surface area contributed by atoms with Crippen molar-refractivity contribution in [2.45, 2.75) is 31.4 Å². The maximum absolute atomic E-state index is 10.6. The van der Waals surface area contributed by atoms with Crippen molar-refractivity contribution in [2.24, 2.45) is 7.05 Å². The van der Waals surface area contributed by atoms with Crippen LogP contribution >= 0.6 is 0 Å². The number of aromatic nitrogens is 3. The lowest BCUT2D eigenvalue weighted by Gasteiger charge is -2.31. The molecular weight excluding hydrogens is 389 g/mol. The van der Waals surface area contributed by atoms with Crippen LogP contribution in [0, 0.1) is 0 Å². The molecular formula is C19H25F3N4O3. The van der Waals surface area contributed by atoms with E-state index in [1.54, 1.807) is 13.4 Å². The topological polar surface area (TPSA) is 80.5 Å². The number of halogens is 3. The summed E-state index contributed by atoms with van der Waals surface area (Å²) < 4.78 is 39.1. The van der Waals surface area contributed by atoms with Gasteiger partial charge in [0.1, 0.15) is 17.9 Å². The van der Waals surface area contributed by atoms with E-state index in [1.807, 2.05) is 13.1 Å². The van der Waals surface area contributed by atoms with Gasteiger partial charge in [-0.3, -0.25) is 0 Å². The molecule has 1 aromatic heterocycles. The van der Waals surface area contributed by atoms with E-state index in [1.165, 1.54) is 18.4 Å². The normalized spacial score (nSPS) is 15.5. The second-order valence-electron chi connectivity index (χ2n) is 6.82. The van der Waals surface area contributed by atoms with Gasteiger partial charge in [-0.2, -0.15) is 13.2 Å². The first-order chi connectivity index (χ1) is 13.7. The molecule has 0 aliphatic carbocycles. The number of ether oxygens (including phenoxy) is 1. The van der Waals surface area contributed by atoms with E-state index < -0.39 is 12.1 Å². The summed E-state index contributed by atoms with van der Waals surface area (Å²) in [5.74, 6) is -0.126. The highest BCUT2D eigenvalue weighted by atomic mass is 19.4. The molecule has 1 aromatic carbocycles. The first-order valence-corrected chi connectivity index (χ1v) is 9.20. The molecule has 160 valence electrons. The molecule has 0 spiro atoms. The third kappa shape index (κ3) is 7.04. The highest BCUT2D eigenvalue weighted by molar-refractivity contribution is 5.73. The van der Waals surface area contributed by atoms with Crippen molar-refractivity contribution in [2.75, 3.05) is 26.7 Å². The predicted octanol–water partition coefficient (Wildman–Crippen LogP) is 2.88. The Labute approximate surface area is 167 Å². The number of alkyl halides is 3. The predicted molar refractivity (Wildman–Crippen MR) is 99.8 cm³/mol. The Morgan fingerprint density at radius 3 is 2.48 bits per heavy atom. The SMILES string of the molecule is COc1cccc(CCN2CCC(c3nncn3C)CC2)c1.O=C(O)C(F)(F)F. The standard InChI is InChI=1S/C17H24N4O.C2HF3O2/c1-20-13-18-19-17(20)15-7-10-21(11-8-15)9-6-14-4-3-5-16(12-14)22-2;3-2(4,5)1(6)7/h3-5,12-13,15H,6-11H2,1-2H3;(H,6,7). The average molecular weight is 414 g/mol. The number of benzene rings is 1. The number of nitrogens with zero attached hydrogens (tertiary/aromatic N) is 4. The van der Waals surface area contributed by atoms with Gasteiger partial charge in [-0.15, -0.1) is 10.2 Å². The fourth-order valence-corrected chi connectivity index (χ4v) is 3.19. The van der Waals surface area contributed by atoms with Gasteiger partial charge in [0.25, 0.3) is 0 Å². The lowest BCUT2D eigenvalue weighted by molar-refractivity contribution is -0.192. The summed E-state index contributed by atoms with van der Waals surface area (Å²) in [4.78, 5) is 11.4. The van der Waals surface area contributed by atoms with Crippen LogP contribution in [0.2, 0.25) is 0 Å². The monoisotopic (exact) mass is 414 g/mol. The fraction of sp³-hybridized carbons (Fsp3) is 0.526. The minimum atomic E-state index is -5.08. The molecule has 1 N–H and O–H groups in total. The van der Waals surface area contributed by atoms with Gasteiger partial charge in [0, 0.05) is 19.5 Å². The molecule has 1 aliphatic rings. The number of piperidine rings is 1. The van der Waals surface area contributed by atoms with Gasteiger partial charge in [-0.25, -0.2) is 4.79 Å². The van der Waals surface area contributed by atoms with E-state index in [0.717, 1.165) is 37.6 Å². The Morgan fingerprint density at radius 2 is 1.97 bits per heavy atom. The number of carboxylic acid groups (broad SMARTS) is 1. The molecule has 0 amide bonds. The molecule has 7 nitrogen and oxygen atoms in total. The first-order valence-electron chi connectivity index (χ1n) is 9.20. The maximum Gasteiger partial charge on any atom is 0.490 e. The Hall–Kier alpha value is -2.62. The van der Waals surface area contributed by atoms with Crippen LogP contribution in [0.15, 0.2) is 30.6 Å². The molecule has 1 saturated heterocycles. The number of carbonyl (C=O) groups is 1. The molecule has 2 heterocycles. The zero-order valence-electron chi connectivity index (χ0n) is 16.4. The minimum Gasteiger partial charge on any atom is -0.497 e. The van der Waals surface area contributed by atoms with E-state index in [-0.39, 0.29) is 0 Å². The van der Waals surface area contributed by atoms with Crippen molar-refractivity contribution in [1.82, 2.24) is 19.7 Å². The molecule has 1 aliphatic heterocycles. The number of methoxy groups -OCH3 is 1. The number of rotatable bonds is 5. The Kier molecular flexibility index (Phi) is 8.00. The number of aryl methyl sites for hydroxylation is 1. The van der Waals surface area contributed by atoms with Gasteiger partial charge in [-0.1, -0.05) is 12.1 Å². The largest absolute Gasteiger partial charge is 0.497 e. The van der Waals surface area contributed by atoms with E-state index in [4.69, 9.17) is 14.6 Å². The number of carboxylic acids is 1. The molecule has 0 saturated carbocycles. The van der Waals surface area contributed by atoms with Gasteiger partial charge in [0.05, 0.1) is 7.11 Å². The minimum absolute atomic E-state index is 0.556. The Balaban J connectivity index is 0.000000370. The third-order valence-corrected chi connectivity index (χ3v) is 4.79. The van der Waals surface area contributed by atoms with Crippen LogP contribution in [0.4, 0.5) is 13.2 Å². The summed E-state index contributed by atoms with van der Waals surface area (Å²) in [5.41, 5.74) is 1.34. The van der Waals surface area contributed by atoms with Crippen molar-refractivity contribution in [3.63, 3.8) is 0 Å². The van der Waals surface area contributed by atoms with Gasteiger partial charge < -0.3 is 19.3 Å². The van der Waals surface area contributed by atoms with Crippen molar-refractivity contribution in [3.05, 3.63) is 42.0 Å². The van der Waals surface area contributed by atoms with Gasteiger partial charge in [0.15, 0.2) is 0 Å². The molecule has 3 rings (SSSR count). The Bertz CT molecular complexity index is 787. The van der Waals surface area contributed by atoms with Crippen molar-refractivity contribution in [1.29, 1.82) is 0 Å². The van der Waals surface area contributed by atoms with Gasteiger partial charge in [-0.05, 0) is 50.0 Å². The lowest BCUT2D eigenvalue weighted by Crippen LogP contribution is -2.35. The summed E-state index contributed by atoms with van der Waals surface area (Å²) in [6.45, 7) is 3.39. The zero-order valence-corrected chi connectivity index (χ0v) is 16.4. The second-order valence-corrected chi connectivity index (χ2v) is 6.82. The van der Waals surface area contributed by atoms with Crippen LogP contribution in [0.3, 0.4) is 0 Å². The van der Waals surface area contributed by atoms with E-state index >= 15 is 0 Å². The number of likely N-dealkylation sites (tertiary alicyclic amines) is 1. The summed E-state index contributed by atoms with van der Waals surface area (Å²) in [6.07, 6.45) is 0.131. The zero-order chi connectivity index (χ0) is 21.4. The fourth-order valence-electron chi connectivity index (χ4n) is 3.19.